The molecule has 0 aromatic heterocycles. The molecule has 3 aliphatic rings. The maximum absolute atomic E-state index is 12.9. The molecule has 0 bridgehead atoms. The first-order valence-corrected chi connectivity index (χ1v) is 10.5. The van der Waals surface area contributed by atoms with Crippen LogP contribution < -0.4 is 14.2 Å². The first-order valence-electron chi connectivity index (χ1n) is 10.5. The van der Waals surface area contributed by atoms with Gasteiger partial charge in [-0.25, -0.2) is 0 Å². The summed E-state index contributed by atoms with van der Waals surface area (Å²) in [4.78, 5) is 53.5. The fourth-order valence-corrected chi connectivity index (χ4v) is 5.28. The van der Waals surface area contributed by atoms with Crippen LogP contribution in [-0.4, -0.2) is 76.0 Å². The van der Waals surface area contributed by atoms with Crippen LogP contribution >= 0.6 is 0 Å². The van der Waals surface area contributed by atoms with Crippen molar-refractivity contribution in [2.24, 2.45) is 5.92 Å². The first kappa shape index (κ1) is 21.7. The van der Waals surface area contributed by atoms with Gasteiger partial charge in [0.25, 0.3) is 17.7 Å². The van der Waals surface area contributed by atoms with Gasteiger partial charge >= 0.3 is 0 Å². The molecule has 1 unspecified atom stereocenters. The van der Waals surface area contributed by atoms with Crippen LogP contribution in [0.5, 0.6) is 17.2 Å². The largest absolute Gasteiger partial charge is 0.496 e. The Hall–Kier alpha value is -4.08. The van der Waals surface area contributed by atoms with E-state index >= 15 is 0 Å². The van der Waals surface area contributed by atoms with Crippen molar-refractivity contribution in [1.82, 2.24) is 9.80 Å². The van der Waals surface area contributed by atoms with Gasteiger partial charge in [-0.3, -0.25) is 29.0 Å². The maximum Gasteiger partial charge on any atom is 0.265 e. The second-order valence-electron chi connectivity index (χ2n) is 8.25. The summed E-state index contributed by atoms with van der Waals surface area (Å²) >= 11 is 0. The van der Waals surface area contributed by atoms with E-state index in [4.69, 9.17) is 18.9 Å². The standard InChI is InChI=1S/C24H22N2O8/c1-25-21(27)11-7-9-13(19(33-5)15(11)23(25)29)18(32-4)14-10(17(9)31-3)8-12-16(20(14)34-6)24(30)26(2)22(12)28/h7,12H,8H2,1-6H3. The molecule has 10 heteroatoms. The molecule has 1 fully saturated rings. The van der Waals surface area contributed by atoms with E-state index in [2.05, 4.69) is 0 Å². The van der Waals surface area contributed by atoms with Crippen molar-refractivity contribution in [1.29, 1.82) is 0 Å². The third-order valence-electron chi connectivity index (χ3n) is 6.82. The van der Waals surface area contributed by atoms with Crippen molar-refractivity contribution in [2.45, 2.75) is 6.42 Å². The topological polar surface area (TPSA) is 112 Å². The number of methoxy groups -OCH3 is 4. The Morgan fingerprint density at radius 1 is 0.765 bits per heavy atom. The molecule has 34 heavy (non-hydrogen) atoms. The van der Waals surface area contributed by atoms with Gasteiger partial charge in [0.2, 0.25) is 5.91 Å². The summed E-state index contributed by atoms with van der Waals surface area (Å²) in [5.74, 6) is -1.45. The lowest BCUT2D eigenvalue weighted by Gasteiger charge is -2.28. The zero-order valence-corrected chi connectivity index (χ0v) is 19.5. The van der Waals surface area contributed by atoms with Crippen molar-refractivity contribution in [3.63, 3.8) is 0 Å². The highest BCUT2D eigenvalue weighted by atomic mass is 16.5. The number of rotatable bonds is 4. The number of fused-ring (bicyclic) bond motifs is 4. The smallest absolute Gasteiger partial charge is 0.265 e. The van der Waals surface area contributed by atoms with Crippen LogP contribution in [0.15, 0.2) is 11.6 Å². The van der Waals surface area contributed by atoms with Crippen molar-refractivity contribution in [2.75, 3.05) is 42.5 Å². The lowest BCUT2D eigenvalue weighted by Crippen LogP contribution is -2.26. The van der Waals surface area contributed by atoms with Crippen LogP contribution in [-0.2, 0) is 20.7 Å². The van der Waals surface area contributed by atoms with Crippen LogP contribution in [0.4, 0.5) is 0 Å². The Labute approximate surface area is 194 Å². The van der Waals surface area contributed by atoms with Gasteiger partial charge in [0.1, 0.15) is 23.0 Å². The first-order chi connectivity index (χ1) is 16.2. The number of carbonyl (C=O) groups excluding carboxylic acids is 4. The molecule has 4 amide bonds. The Kier molecular flexibility index (Phi) is 4.61. The number of amides is 4. The monoisotopic (exact) mass is 466 g/mol. The van der Waals surface area contributed by atoms with Crippen LogP contribution in [0.1, 0.15) is 31.8 Å². The number of imide groups is 2. The number of likely N-dealkylation sites (N-methyl/N-ethyl adjacent to an activating group) is 1. The predicted molar refractivity (Wildman–Crippen MR) is 119 cm³/mol. The Balaban J connectivity index is 1.99. The van der Waals surface area contributed by atoms with E-state index < -0.39 is 23.6 Å². The molecular formula is C24H22N2O8. The quantitative estimate of drug-likeness (QED) is 0.625. The molecule has 1 aliphatic carbocycles. The molecule has 0 radical (unpaired) electrons. The third kappa shape index (κ3) is 2.39. The van der Waals surface area contributed by atoms with Gasteiger partial charge in [-0.2, -0.15) is 0 Å². The fourth-order valence-electron chi connectivity index (χ4n) is 5.28. The summed E-state index contributed by atoms with van der Waals surface area (Å²) in [5, 5.41) is 0.878. The summed E-state index contributed by atoms with van der Waals surface area (Å²) in [6, 6.07) is 1.58. The number of carbonyl (C=O) groups is 4. The van der Waals surface area contributed by atoms with Gasteiger partial charge in [0.05, 0.1) is 62.0 Å². The molecular weight excluding hydrogens is 444 g/mol. The number of hydrogen-bond donors (Lipinski definition) is 0. The second kappa shape index (κ2) is 7.21. The van der Waals surface area contributed by atoms with Gasteiger partial charge < -0.3 is 18.9 Å². The Morgan fingerprint density at radius 2 is 1.38 bits per heavy atom. The minimum absolute atomic E-state index is 0.120. The van der Waals surface area contributed by atoms with E-state index in [0.717, 1.165) is 9.80 Å². The minimum Gasteiger partial charge on any atom is -0.496 e. The number of likely N-dealkylation sites (tertiary alicyclic amines) is 1. The lowest BCUT2D eigenvalue weighted by molar-refractivity contribution is -0.137. The fraction of sp³-hybridized carbons (Fsp3) is 0.333. The molecule has 176 valence electrons. The summed E-state index contributed by atoms with van der Waals surface area (Å²) in [6.07, 6.45) is 0.175. The molecule has 0 N–H and O–H groups in total. The molecule has 1 atom stereocenters. The van der Waals surface area contributed by atoms with Gasteiger partial charge in [-0.15, -0.1) is 0 Å². The maximum atomic E-state index is 12.9. The Morgan fingerprint density at radius 3 is 1.97 bits per heavy atom. The van der Waals surface area contributed by atoms with Gasteiger partial charge in [-0.05, 0) is 12.5 Å². The second-order valence-corrected chi connectivity index (χ2v) is 8.25. The highest BCUT2D eigenvalue weighted by molar-refractivity contribution is 6.26. The van der Waals surface area contributed by atoms with Crippen molar-refractivity contribution >= 4 is 40.2 Å². The van der Waals surface area contributed by atoms with Gasteiger partial charge in [-0.1, -0.05) is 0 Å². The van der Waals surface area contributed by atoms with Crippen molar-refractivity contribution in [3.05, 3.63) is 33.9 Å². The molecule has 2 aromatic carbocycles. The molecule has 1 saturated heterocycles. The van der Waals surface area contributed by atoms with E-state index in [0.29, 0.717) is 27.6 Å². The average molecular weight is 466 g/mol. The van der Waals surface area contributed by atoms with Crippen LogP contribution in [0.2, 0.25) is 0 Å². The molecule has 2 heterocycles. The molecule has 2 aliphatic heterocycles. The van der Waals surface area contributed by atoms with E-state index in [1.807, 2.05) is 0 Å². The van der Waals surface area contributed by atoms with E-state index in [1.54, 1.807) is 6.07 Å². The molecule has 2 aromatic rings. The zero-order valence-electron chi connectivity index (χ0n) is 19.5. The molecule has 0 spiro atoms. The van der Waals surface area contributed by atoms with E-state index in [9.17, 15) is 19.2 Å². The zero-order chi connectivity index (χ0) is 24.6. The van der Waals surface area contributed by atoms with Crippen LogP contribution in [0, 0.1) is 5.92 Å². The average Bonchev–Trinajstić information content (AvgIpc) is 3.19. The van der Waals surface area contributed by atoms with Gasteiger partial charge in [0, 0.05) is 25.0 Å². The van der Waals surface area contributed by atoms with Crippen LogP contribution in [0.3, 0.4) is 0 Å². The number of hydrogen-bond acceptors (Lipinski definition) is 8. The minimum atomic E-state index is -0.735. The Bertz CT molecular complexity index is 1390. The van der Waals surface area contributed by atoms with E-state index in [-0.39, 0.29) is 46.3 Å². The normalized spacial score (nSPS) is 19.1. The van der Waals surface area contributed by atoms with Crippen LogP contribution in [0.25, 0.3) is 16.5 Å². The number of nitrogens with zero attached hydrogens (tertiary/aromatic N) is 2. The number of benzene rings is 2. The highest BCUT2D eigenvalue weighted by Crippen LogP contribution is 2.54. The summed E-state index contributed by atoms with van der Waals surface area (Å²) in [7, 11) is 8.57. The summed E-state index contributed by atoms with van der Waals surface area (Å²) in [5.41, 5.74) is 1.59. The predicted octanol–water partition coefficient (Wildman–Crippen LogP) is 1.62. The third-order valence-corrected chi connectivity index (χ3v) is 6.82. The lowest BCUT2D eigenvalue weighted by atomic mass is 9.80. The van der Waals surface area contributed by atoms with E-state index in [1.165, 1.54) is 42.5 Å². The molecule has 5 rings (SSSR count). The summed E-state index contributed by atoms with van der Waals surface area (Å²) in [6.45, 7) is 0. The molecule has 0 saturated carbocycles. The van der Waals surface area contributed by atoms with Crippen molar-refractivity contribution < 1.29 is 38.1 Å². The molecule has 10 nitrogen and oxygen atoms in total. The number of ether oxygens (including phenoxy) is 4. The van der Waals surface area contributed by atoms with Crippen molar-refractivity contribution in [3.8, 4) is 17.2 Å². The summed E-state index contributed by atoms with van der Waals surface area (Å²) < 4.78 is 23.0. The van der Waals surface area contributed by atoms with Gasteiger partial charge in [0.15, 0.2) is 0 Å². The highest BCUT2D eigenvalue weighted by Gasteiger charge is 2.49. The SMILES string of the molecule is COC1=C2C(=O)N(C)C(=O)C2Cc2c1c(OC)c1c(OC)c3c(cc1c2OC)C(=O)N(C)C3=O.